The van der Waals surface area contributed by atoms with Crippen LogP contribution in [-0.2, 0) is 12.8 Å². The number of hydrogen-bond donors (Lipinski definition) is 2. The van der Waals surface area contributed by atoms with Crippen molar-refractivity contribution in [3.63, 3.8) is 0 Å². The minimum absolute atomic E-state index is 0.728. The van der Waals surface area contributed by atoms with Crippen molar-refractivity contribution < 1.29 is 0 Å². The summed E-state index contributed by atoms with van der Waals surface area (Å²) in [5.74, 6) is 15.0. The van der Waals surface area contributed by atoms with Gasteiger partial charge < -0.3 is 11.7 Å². The van der Waals surface area contributed by atoms with Gasteiger partial charge in [0.2, 0.25) is 10.3 Å². The van der Waals surface area contributed by atoms with Gasteiger partial charge in [-0.2, -0.15) is 0 Å². The fourth-order valence-corrected chi connectivity index (χ4v) is 3.28. The Morgan fingerprint density at radius 1 is 0.800 bits per heavy atom. The van der Waals surface area contributed by atoms with Crippen LogP contribution in [0.2, 0.25) is 0 Å². The molecule has 0 aliphatic rings. The van der Waals surface area contributed by atoms with E-state index < -0.39 is 0 Å². The first-order chi connectivity index (χ1) is 9.67. The molecule has 0 spiro atoms. The van der Waals surface area contributed by atoms with Crippen LogP contribution in [0.25, 0.3) is 0 Å². The normalized spacial score (nSPS) is 11.1. The van der Waals surface area contributed by atoms with Crippen LogP contribution in [0.4, 0.5) is 0 Å². The maximum absolute atomic E-state index is 5.87. The number of thioether (sulfide) groups is 2. The molecule has 110 valence electrons. The molecular formula is C10H18N8S2. The average molecular weight is 314 g/mol. The van der Waals surface area contributed by atoms with Crippen LogP contribution < -0.4 is 11.7 Å². The monoisotopic (exact) mass is 314 g/mol. The Morgan fingerprint density at radius 3 is 1.50 bits per heavy atom. The van der Waals surface area contributed by atoms with Gasteiger partial charge in [0.05, 0.1) is 0 Å². The Hall–Kier alpha value is -1.42. The van der Waals surface area contributed by atoms with E-state index in [4.69, 9.17) is 11.7 Å². The van der Waals surface area contributed by atoms with Gasteiger partial charge in [0.15, 0.2) is 11.6 Å². The summed E-state index contributed by atoms with van der Waals surface area (Å²) in [7, 11) is 0. The number of nitrogens with two attached hydrogens (primary N) is 2. The fraction of sp³-hybridized carbons (Fsp3) is 0.600. The van der Waals surface area contributed by atoms with Crippen molar-refractivity contribution in [1.29, 1.82) is 0 Å². The van der Waals surface area contributed by atoms with Gasteiger partial charge in [0, 0.05) is 24.3 Å². The third kappa shape index (κ3) is 3.18. The van der Waals surface area contributed by atoms with E-state index in [0.717, 1.165) is 46.3 Å². The van der Waals surface area contributed by atoms with Gasteiger partial charge in [-0.15, -0.1) is 20.4 Å². The van der Waals surface area contributed by atoms with Gasteiger partial charge >= 0.3 is 0 Å². The zero-order chi connectivity index (χ0) is 14.5. The molecule has 0 unspecified atom stereocenters. The maximum Gasteiger partial charge on any atom is 0.209 e. The first kappa shape index (κ1) is 15.0. The highest BCUT2D eigenvalue weighted by atomic mass is 32.2. The van der Waals surface area contributed by atoms with Crippen LogP contribution in [0.5, 0.6) is 0 Å². The number of nitrogens with zero attached hydrogens (tertiary/aromatic N) is 6. The van der Waals surface area contributed by atoms with Gasteiger partial charge in [-0.1, -0.05) is 37.4 Å². The van der Waals surface area contributed by atoms with Crippen molar-refractivity contribution in [3.05, 3.63) is 11.6 Å². The summed E-state index contributed by atoms with van der Waals surface area (Å²) in [5, 5.41) is 17.6. The molecule has 0 bridgehead atoms. The third-order valence-corrected chi connectivity index (χ3v) is 4.80. The third-order valence-electron chi connectivity index (χ3n) is 2.65. The number of hydrogen-bond acceptors (Lipinski definition) is 8. The highest BCUT2D eigenvalue weighted by Gasteiger charge is 2.10. The van der Waals surface area contributed by atoms with Crippen LogP contribution >= 0.6 is 23.5 Å². The lowest BCUT2D eigenvalue weighted by atomic mass is 10.5. The molecule has 0 aromatic carbocycles. The lowest BCUT2D eigenvalue weighted by molar-refractivity contribution is 0.795. The summed E-state index contributed by atoms with van der Waals surface area (Å²) in [4.78, 5) is 0. The standard InChI is InChI=1S/C10H18N8S2/c1-3-7-13-15-9(17(7)11)19-5-6-20-10-16-14-8(4-2)18(10)12/h3-6,11-12H2,1-2H3. The summed E-state index contributed by atoms with van der Waals surface area (Å²) < 4.78 is 3.08. The fourth-order valence-electron chi connectivity index (χ4n) is 1.56. The molecule has 20 heavy (non-hydrogen) atoms. The van der Waals surface area contributed by atoms with Gasteiger partial charge in [-0.25, -0.2) is 9.35 Å². The van der Waals surface area contributed by atoms with E-state index in [1.807, 2.05) is 13.8 Å². The smallest absolute Gasteiger partial charge is 0.209 e. The van der Waals surface area contributed by atoms with E-state index >= 15 is 0 Å². The molecule has 0 aliphatic heterocycles. The zero-order valence-electron chi connectivity index (χ0n) is 11.5. The predicted molar refractivity (Wildman–Crippen MR) is 80.5 cm³/mol. The van der Waals surface area contributed by atoms with Crippen molar-refractivity contribution in [2.75, 3.05) is 23.2 Å². The number of aryl methyl sites for hydroxylation is 2. The van der Waals surface area contributed by atoms with Crippen LogP contribution in [-0.4, -0.2) is 41.3 Å². The van der Waals surface area contributed by atoms with Gasteiger partial charge in [0.1, 0.15) is 0 Å². The van der Waals surface area contributed by atoms with E-state index in [-0.39, 0.29) is 0 Å². The molecule has 0 fully saturated rings. The number of aromatic nitrogens is 6. The molecule has 0 radical (unpaired) electrons. The second-order valence-electron chi connectivity index (χ2n) is 3.94. The number of rotatable bonds is 7. The maximum atomic E-state index is 5.87. The molecule has 0 saturated carbocycles. The van der Waals surface area contributed by atoms with Crippen LogP contribution in [0, 0.1) is 0 Å². The van der Waals surface area contributed by atoms with Crippen molar-refractivity contribution in [3.8, 4) is 0 Å². The van der Waals surface area contributed by atoms with Crippen molar-refractivity contribution in [2.45, 2.75) is 37.0 Å². The topological polar surface area (TPSA) is 113 Å². The van der Waals surface area contributed by atoms with Crippen LogP contribution in [0.1, 0.15) is 25.5 Å². The molecule has 0 aliphatic carbocycles. The predicted octanol–water partition coefficient (Wildman–Crippen LogP) is 0.306. The van der Waals surface area contributed by atoms with Crippen molar-refractivity contribution >= 4 is 23.5 Å². The molecule has 2 aromatic rings. The highest BCUT2D eigenvalue weighted by Crippen LogP contribution is 2.20. The molecule has 0 amide bonds. The molecule has 0 atom stereocenters. The lowest BCUT2D eigenvalue weighted by Gasteiger charge is -2.03. The van der Waals surface area contributed by atoms with Crippen LogP contribution in [0.3, 0.4) is 0 Å². The van der Waals surface area contributed by atoms with Gasteiger partial charge in [-0.05, 0) is 0 Å². The largest absolute Gasteiger partial charge is 0.336 e. The molecule has 8 nitrogen and oxygen atoms in total. The molecular weight excluding hydrogens is 296 g/mol. The van der Waals surface area contributed by atoms with E-state index in [0.29, 0.717) is 0 Å². The molecule has 10 heteroatoms. The molecule has 2 heterocycles. The Labute approximate surface area is 125 Å². The number of nitrogen functional groups attached to an aromatic ring is 2. The first-order valence-electron chi connectivity index (χ1n) is 6.31. The highest BCUT2D eigenvalue weighted by molar-refractivity contribution is 8.02. The van der Waals surface area contributed by atoms with E-state index in [1.54, 1.807) is 23.5 Å². The van der Waals surface area contributed by atoms with Gasteiger partial charge in [0.25, 0.3) is 0 Å². The van der Waals surface area contributed by atoms with Gasteiger partial charge in [-0.3, -0.25) is 0 Å². The first-order valence-corrected chi connectivity index (χ1v) is 8.28. The van der Waals surface area contributed by atoms with Crippen molar-refractivity contribution in [1.82, 2.24) is 29.7 Å². The summed E-state index contributed by atoms with van der Waals surface area (Å²) in [6.45, 7) is 3.99. The van der Waals surface area contributed by atoms with E-state index in [1.165, 1.54) is 9.35 Å². The van der Waals surface area contributed by atoms with E-state index in [2.05, 4.69) is 20.4 Å². The summed E-state index contributed by atoms with van der Waals surface area (Å²) >= 11 is 3.13. The Balaban J connectivity index is 1.81. The minimum Gasteiger partial charge on any atom is -0.336 e. The average Bonchev–Trinajstić information content (AvgIpc) is 2.99. The van der Waals surface area contributed by atoms with E-state index in [9.17, 15) is 0 Å². The molecule has 0 saturated heterocycles. The lowest BCUT2D eigenvalue weighted by Crippen LogP contribution is -2.14. The quantitative estimate of drug-likeness (QED) is 0.426. The summed E-state index contributed by atoms with van der Waals surface area (Å²) in [6, 6.07) is 0. The van der Waals surface area contributed by atoms with Crippen molar-refractivity contribution in [2.24, 2.45) is 0 Å². The zero-order valence-corrected chi connectivity index (χ0v) is 13.1. The molecule has 4 N–H and O–H groups in total. The summed E-state index contributed by atoms with van der Waals surface area (Å²) in [6.07, 6.45) is 1.55. The second-order valence-corrected chi connectivity index (χ2v) is 6.07. The SMILES string of the molecule is CCc1nnc(SCCSc2nnc(CC)n2N)n1N. The molecule has 2 aromatic heterocycles. The summed E-state index contributed by atoms with van der Waals surface area (Å²) in [5.41, 5.74) is 0. The minimum atomic E-state index is 0.728. The second kappa shape index (κ2) is 6.84. The Morgan fingerprint density at radius 2 is 1.20 bits per heavy atom. The molecule has 2 rings (SSSR count). The van der Waals surface area contributed by atoms with Crippen LogP contribution in [0.15, 0.2) is 10.3 Å². The Kier molecular flexibility index (Phi) is 5.12. The Bertz CT molecular complexity index is 513.